The number of nitrogens with zero attached hydrogens (tertiary/aromatic N) is 1. The van der Waals surface area contributed by atoms with E-state index in [1.807, 2.05) is 27.7 Å². The molecule has 4 nitrogen and oxygen atoms in total. The maximum absolute atomic E-state index is 12.0. The smallest absolute Gasteiger partial charge is 0.329 e. The van der Waals surface area contributed by atoms with E-state index >= 15 is 0 Å². The van der Waals surface area contributed by atoms with E-state index in [-0.39, 0.29) is 11.9 Å². The first-order valence-corrected chi connectivity index (χ1v) is 5.87. The average molecular weight is 239 g/mol. The predicted molar refractivity (Wildman–Crippen MR) is 65.4 cm³/mol. The Bertz CT molecular complexity index is 341. The van der Waals surface area contributed by atoms with Crippen LogP contribution < -0.4 is 0 Å². The van der Waals surface area contributed by atoms with Crippen LogP contribution in [0.5, 0.6) is 0 Å². The molecule has 0 saturated carbocycles. The molecule has 0 aromatic carbocycles. The van der Waals surface area contributed by atoms with E-state index in [2.05, 4.69) is 6.58 Å². The zero-order valence-electron chi connectivity index (χ0n) is 11.1. The van der Waals surface area contributed by atoms with Gasteiger partial charge in [-0.2, -0.15) is 0 Å². The second kappa shape index (κ2) is 4.90. The van der Waals surface area contributed by atoms with Gasteiger partial charge in [0.2, 0.25) is 5.91 Å². The number of carbonyl (C=O) groups excluding carboxylic acids is 2. The van der Waals surface area contributed by atoms with Gasteiger partial charge in [0.1, 0.15) is 11.6 Å². The Labute approximate surface area is 103 Å². The zero-order chi connectivity index (χ0) is 13.2. The number of amides is 1. The molecule has 1 aliphatic rings. The minimum absolute atomic E-state index is 0.00357. The van der Waals surface area contributed by atoms with Gasteiger partial charge in [0, 0.05) is 13.0 Å². The van der Waals surface area contributed by atoms with Crippen LogP contribution in [0.2, 0.25) is 0 Å². The number of carbonyl (C=O) groups is 2. The molecule has 0 aromatic heterocycles. The monoisotopic (exact) mass is 239 g/mol. The standard InChI is InChI=1S/C13H21NO3/c1-9(2)8-14-10(6-7-11(14)15)12(16)17-13(3,4)5/h10H,1,6-8H2,2-5H3. The van der Waals surface area contributed by atoms with Gasteiger partial charge in [-0.1, -0.05) is 12.2 Å². The highest BCUT2D eigenvalue weighted by Gasteiger charge is 2.38. The Morgan fingerprint density at radius 3 is 2.59 bits per heavy atom. The summed E-state index contributed by atoms with van der Waals surface area (Å²) in [5, 5.41) is 0. The molecule has 1 rings (SSSR count). The summed E-state index contributed by atoms with van der Waals surface area (Å²) in [5.41, 5.74) is 0.353. The lowest BCUT2D eigenvalue weighted by molar-refractivity contribution is -0.162. The van der Waals surface area contributed by atoms with Crippen molar-refractivity contribution in [2.45, 2.75) is 52.2 Å². The van der Waals surface area contributed by atoms with Crippen molar-refractivity contribution < 1.29 is 14.3 Å². The number of esters is 1. The first-order chi connectivity index (χ1) is 7.70. The Morgan fingerprint density at radius 1 is 1.53 bits per heavy atom. The van der Waals surface area contributed by atoms with Crippen molar-refractivity contribution in [1.82, 2.24) is 4.90 Å². The third-order valence-electron chi connectivity index (χ3n) is 2.45. The van der Waals surface area contributed by atoms with Crippen molar-refractivity contribution in [2.24, 2.45) is 0 Å². The summed E-state index contributed by atoms with van der Waals surface area (Å²) in [4.78, 5) is 25.2. The SMILES string of the molecule is C=C(C)CN1C(=O)CCC1C(=O)OC(C)(C)C. The fourth-order valence-electron chi connectivity index (χ4n) is 1.84. The first kappa shape index (κ1) is 13.7. The Balaban J connectivity index is 2.72. The van der Waals surface area contributed by atoms with E-state index in [9.17, 15) is 9.59 Å². The van der Waals surface area contributed by atoms with Crippen molar-refractivity contribution in [1.29, 1.82) is 0 Å². The molecule has 1 atom stereocenters. The molecule has 0 N–H and O–H groups in total. The molecule has 17 heavy (non-hydrogen) atoms. The largest absolute Gasteiger partial charge is 0.458 e. The Hall–Kier alpha value is -1.32. The lowest BCUT2D eigenvalue weighted by Crippen LogP contribution is -2.42. The average Bonchev–Trinajstić information content (AvgIpc) is 2.44. The van der Waals surface area contributed by atoms with E-state index in [0.29, 0.717) is 19.4 Å². The topological polar surface area (TPSA) is 46.6 Å². The van der Waals surface area contributed by atoms with E-state index in [1.54, 1.807) is 4.90 Å². The highest BCUT2D eigenvalue weighted by Crippen LogP contribution is 2.22. The summed E-state index contributed by atoms with van der Waals surface area (Å²) in [7, 11) is 0. The molecule has 1 amide bonds. The van der Waals surface area contributed by atoms with Gasteiger partial charge in [-0.15, -0.1) is 0 Å². The molecular formula is C13H21NO3. The molecule has 0 radical (unpaired) electrons. The van der Waals surface area contributed by atoms with Gasteiger partial charge in [0.05, 0.1) is 0 Å². The van der Waals surface area contributed by atoms with Crippen LogP contribution in [-0.4, -0.2) is 35.0 Å². The van der Waals surface area contributed by atoms with E-state index in [4.69, 9.17) is 4.74 Å². The van der Waals surface area contributed by atoms with Crippen molar-refractivity contribution in [3.05, 3.63) is 12.2 Å². The second-order valence-electron chi connectivity index (χ2n) is 5.57. The van der Waals surface area contributed by atoms with Crippen LogP contribution in [0.4, 0.5) is 0 Å². The summed E-state index contributed by atoms with van der Waals surface area (Å²) < 4.78 is 5.32. The van der Waals surface area contributed by atoms with Crippen molar-refractivity contribution >= 4 is 11.9 Å². The third kappa shape index (κ3) is 3.88. The van der Waals surface area contributed by atoms with Crippen LogP contribution in [-0.2, 0) is 14.3 Å². The fourth-order valence-corrected chi connectivity index (χ4v) is 1.84. The van der Waals surface area contributed by atoms with Crippen LogP contribution in [0.1, 0.15) is 40.5 Å². The quantitative estimate of drug-likeness (QED) is 0.558. The van der Waals surface area contributed by atoms with Gasteiger partial charge in [-0.25, -0.2) is 4.79 Å². The maximum Gasteiger partial charge on any atom is 0.329 e. The lowest BCUT2D eigenvalue weighted by atomic mass is 10.1. The molecule has 1 fully saturated rings. The van der Waals surface area contributed by atoms with Crippen LogP contribution >= 0.6 is 0 Å². The highest BCUT2D eigenvalue weighted by molar-refractivity contribution is 5.88. The van der Waals surface area contributed by atoms with Gasteiger partial charge < -0.3 is 9.64 Å². The molecule has 0 aliphatic carbocycles. The molecular weight excluding hydrogens is 218 g/mol. The Kier molecular flexibility index (Phi) is 3.96. The minimum Gasteiger partial charge on any atom is -0.458 e. The summed E-state index contributed by atoms with van der Waals surface area (Å²) in [6.07, 6.45) is 0.957. The van der Waals surface area contributed by atoms with Gasteiger partial charge in [-0.3, -0.25) is 4.79 Å². The van der Waals surface area contributed by atoms with Gasteiger partial charge >= 0.3 is 5.97 Å². The molecule has 0 aromatic rings. The molecule has 1 saturated heterocycles. The number of hydrogen-bond acceptors (Lipinski definition) is 3. The van der Waals surface area contributed by atoms with Crippen molar-refractivity contribution in [3.63, 3.8) is 0 Å². The number of rotatable bonds is 3. The maximum atomic E-state index is 12.0. The first-order valence-electron chi connectivity index (χ1n) is 5.87. The summed E-state index contributed by atoms with van der Waals surface area (Å²) in [6, 6.07) is -0.446. The number of ether oxygens (including phenoxy) is 1. The lowest BCUT2D eigenvalue weighted by Gasteiger charge is -2.27. The van der Waals surface area contributed by atoms with Crippen molar-refractivity contribution in [2.75, 3.05) is 6.54 Å². The zero-order valence-corrected chi connectivity index (χ0v) is 11.1. The number of hydrogen-bond donors (Lipinski definition) is 0. The van der Waals surface area contributed by atoms with Crippen LogP contribution in [0.25, 0.3) is 0 Å². The summed E-state index contributed by atoms with van der Waals surface area (Å²) in [6.45, 7) is 11.5. The molecule has 0 spiro atoms. The van der Waals surface area contributed by atoms with E-state index in [0.717, 1.165) is 5.57 Å². The summed E-state index contributed by atoms with van der Waals surface area (Å²) >= 11 is 0. The van der Waals surface area contributed by atoms with Gasteiger partial charge in [0.25, 0.3) is 0 Å². The van der Waals surface area contributed by atoms with Gasteiger partial charge in [-0.05, 0) is 34.1 Å². The highest BCUT2D eigenvalue weighted by atomic mass is 16.6. The predicted octanol–water partition coefficient (Wildman–Crippen LogP) is 1.90. The number of likely N-dealkylation sites (tertiary alicyclic amines) is 1. The molecule has 0 bridgehead atoms. The summed E-state index contributed by atoms with van der Waals surface area (Å²) in [5.74, 6) is -0.312. The van der Waals surface area contributed by atoms with Gasteiger partial charge in [0.15, 0.2) is 0 Å². The van der Waals surface area contributed by atoms with Crippen molar-refractivity contribution in [3.8, 4) is 0 Å². The van der Waals surface area contributed by atoms with Crippen LogP contribution in [0.3, 0.4) is 0 Å². The van der Waals surface area contributed by atoms with Crippen LogP contribution in [0, 0.1) is 0 Å². The molecule has 96 valence electrons. The van der Waals surface area contributed by atoms with E-state index < -0.39 is 11.6 Å². The fraction of sp³-hybridized carbons (Fsp3) is 0.692. The Morgan fingerprint density at radius 2 is 2.12 bits per heavy atom. The molecule has 1 aliphatic heterocycles. The second-order valence-corrected chi connectivity index (χ2v) is 5.57. The molecule has 1 heterocycles. The third-order valence-corrected chi connectivity index (χ3v) is 2.45. The van der Waals surface area contributed by atoms with Crippen LogP contribution in [0.15, 0.2) is 12.2 Å². The van der Waals surface area contributed by atoms with E-state index in [1.165, 1.54) is 0 Å². The molecule has 4 heteroatoms. The molecule has 1 unspecified atom stereocenters. The normalized spacial score (nSPS) is 20.6. The minimum atomic E-state index is -0.516.